The van der Waals surface area contributed by atoms with Crippen molar-refractivity contribution in [1.29, 1.82) is 0 Å². The lowest BCUT2D eigenvalue weighted by Gasteiger charge is -2.23. The van der Waals surface area contributed by atoms with Crippen LogP contribution in [0.4, 0.5) is 0 Å². The van der Waals surface area contributed by atoms with Gasteiger partial charge in [0, 0.05) is 19.0 Å². The van der Waals surface area contributed by atoms with E-state index in [2.05, 4.69) is 5.16 Å². The molecule has 0 aliphatic rings. The van der Waals surface area contributed by atoms with Crippen LogP contribution in [0.5, 0.6) is 0 Å². The second-order valence-corrected chi connectivity index (χ2v) is 6.63. The van der Waals surface area contributed by atoms with Gasteiger partial charge in [-0.15, -0.1) is 0 Å². The fourth-order valence-corrected chi connectivity index (χ4v) is 3.29. The van der Waals surface area contributed by atoms with Crippen LogP contribution in [0.15, 0.2) is 34.3 Å². The molecule has 1 atom stereocenters. The Balaban J connectivity index is 3.01. The number of amidine groups is 1. The number of hydrogen-bond acceptors (Lipinski definition) is 4. The summed E-state index contributed by atoms with van der Waals surface area (Å²) >= 11 is 0. The molecule has 0 aliphatic heterocycles. The zero-order valence-electron chi connectivity index (χ0n) is 11.9. The monoisotopic (exact) mass is 299 g/mol. The molecule has 0 amide bonds. The Morgan fingerprint density at radius 2 is 1.95 bits per heavy atom. The van der Waals surface area contributed by atoms with Crippen molar-refractivity contribution in [3.63, 3.8) is 0 Å². The molecule has 7 heteroatoms. The number of oxime groups is 1. The first kappa shape index (κ1) is 16.5. The molecule has 1 unspecified atom stereocenters. The smallest absolute Gasteiger partial charge is 0.243 e. The quantitative estimate of drug-likeness (QED) is 0.359. The van der Waals surface area contributed by atoms with Gasteiger partial charge in [-0.25, -0.2) is 8.42 Å². The Kier molecular flexibility index (Phi) is 5.52. The minimum Gasteiger partial charge on any atom is -0.409 e. The summed E-state index contributed by atoms with van der Waals surface area (Å²) in [5, 5.41) is 11.6. The predicted octanol–water partition coefficient (Wildman–Crippen LogP) is 1.39. The minimum atomic E-state index is -3.56. The van der Waals surface area contributed by atoms with E-state index in [4.69, 9.17) is 10.9 Å². The molecule has 1 aromatic carbocycles. The van der Waals surface area contributed by atoms with Gasteiger partial charge < -0.3 is 10.9 Å². The highest BCUT2D eigenvalue weighted by Crippen LogP contribution is 2.17. The van der Waals surface area contributed by atoms with Gasteiger partial charge in [-0.3, -0.25) is 0 Å². The molecule has 3 N–H and O–H groups in total. The van der Waals surface area contributed by atoms with Crippen LogP contribution >= 0.6 is 0 Å². The summed E-state index contributed by atoms with van der Waals surface area (Å²) < 4.78 is 26.3. The van der Waals surface area contributed by atoms with Crippen LogP contribution in [-0.4, -0.2) is 36.9 Å². The number of sulfonamides is 1. The molecular weight excluding hydrogens is 278 g/mol. The highest BCUT2D eigenvalue weighted by atomic mass is 32.2. The molecule has 1 aromatic rings. The second kappa shape index (κ2) is 6.71. The number of aryl methyl sites for hydroxylation is 1. The Morgan fingerprint density at radius 3 is 2.40 bits per heavy atom. The predicted molar refractivity (Wildman–Crippen MR) is 78.2 cm³/mol. The lowest BCUT2D eigenvalue weighted by Crippen LogP contribution is -2.38. The topological polar surface area (TPSA) is 96.0 Å². The third-order valence-electron chi connectivity index (χ3n) is 3.11. The van der Waals surface area contributed by atoms with Crippen molar-refractivity contribution in [1.82, 2.24) is 4.31 Å². The standard InChI is InChI=1S/C13H21N3O3S/c1-4-16(9-11(3)13(14)15-17)20(18,19)12-7-5-10(2)6-8-12/h5-8,11,17H,4,9H2,1-3H3,(H2,14,15). The molecule has 0 aliphatic carbocycles. The Labute approximate surface area is 119 Å². The maximum absolute atomic E-state index is 12.5. The lowest BCUT2D eigenvalue weighted by molar-refractivity contribution is 0.311. The van der Waals surface area contributed by atoms with Crippen molar-refractivity contribution < 1.29 is 13.6 Å². The van der Waals surface area contributed by atoms with Crippen molar-refractivity contribution in [3.8, 4) is 0 Å². The summed E-state index contributed by atoms with van der Waals surface area (Å²) in [6, 6.07) is 6.68. The molecule has 0 spiro atoms. The van der Waals surface area contributed by atoms with Gasteiger partial charge in [-0.05, 0) is 19.1 Å². The zero-order chi connectivity index (χ0) is 15.3. The van der Waals surface area contributed by atoms with E-state index < -0.39 is 10.0 Å². The van der Waals surface area contributed by atoms with Gasteiger partial charge in [0.1, 0.15) is 5.84 Å². The molecular formula is C13H21N3O3S. The van der Waals surface area contributed by atoms with Gasteiger partial charge in [-0.1, -0.05) is 36.7 Å². The molecule has 1 rings (SSSR count). The molecule has 6 nitrogen and oxygen atoms in total. The van der Waals surface area contributed by atoms with Gasteiger partial charge in [0.2, 0.25) is 10.0 Å². The molecule has 0 aromatic heterocycles. The number of rotatable bonds is 6. The Morgan fingerprint density at radius 1 is 1.40 bits per heavy atom. The van der Waals surface area contributed by atoms with Gasteiger partial charge in [-0.2, -0.15) is 4.31 Å². The first-order chi connectivity index (χ1) is 9.32. The van der Waals surface area contributed by atoms with Crippen LogP contribution in [0.2, 0.25) is 0 Å². The number of hydrogen-bond donors (Lipinski definition) is 2. The average molecular weight is 299 g/mol. The maximum Gasteiger partial charge on any atom is 0.243 e. The van der Waals surface area contributed by atoms with Crippen LogP contribution in [0.25, 0.3) is 0 Å². The minimum absolute atomic E-state index is 0.0163. The summed E-state index contributed by atoms with van der Waals surface area (Å²) in [5.74, 6) is -0.345. The van der Waals surface area contributed by atoms with E-state index in [0.29, 0.717) is 6.54 Å². The summed E-state index contributed by atoms with van der Waals surface area (Å²) in [6.45, 7) is 5.85. The van der Waals surface area contributed by atoms with Crippen molar-refractivity contribution in [3.05, 3.63) is 29.8 Å². The largest absolute Gasteiger partial charge is 0.409 e. The molecule has 0 radical (unpaired) electrons. The molecule has 0 heterocycles. The molecule has 0 bridgehead atoms. The van der Waals surface area contributed by atoms with Crippen molar-refractivity contribution in [2.45, 2.75) is 25.7 Å². The SMILES string of the molecule is CCN(CC(C)C(N)=NO)S(=O)(=O)c1ccc(C)cc1. The van der Waals surface area contributed by atoms with E-state index in [1.807, 2.05) is 6.92 Å². The van der Waals surface area contributed by atoms with E-state index in [1.54, 1.807) is 38.1 Å². The lowest BCUT2D eigenvalue weighted by atomic mass is 10.1. The van der Waals surface area contributed by atoms with Crippen LogP contribution in [0, 0.1) is 12.8 Å². The molecule has 0 fully saturated rings. The second-order valence-electron chi connectivity index (χ2n) is 4.69. The Hall–Kier alpha value is -1.60. The van der Waals surface area contributed by atoms with Crippen molar-refractivity contribution >= 4 is 15.9 Å². The molecule has 112 valence electrons. The Bertz CT molecular complexity index is 567. The van der Waals surface area contributed by atoms with Gasteiger partial charge >= 0.3 is 0 Å². The fraction of sp³-hybridized carbons (Fsp3) is 0.462. The summed E-state index contributed by atoms with van der Waals surface area (Å²) in [7, 11) is -3.56. The van der Waals surface area contributed by atoms with E-state index in [1.165, 1.54) is 4.31 Å². The molecule has 0 saturated heterocycles. The average Bonchev–Trinajstić information content (AvgIpc) is 2.43. The first-order valence-electron chi connectivity index (χ1n) is 6.37. The fourth-order valence-electron chi connectivity index (χ4n) is 1.75. The number of nitrogens with zero attached hydrogens (tertiary/aromatic N) is 2. The van der Waals surface area contributed by atoms with Gasteiger partial charge in [0.15, 0.2) is 0 Å². The highest BCUT2D eigenvalue weighted by Gasteiger charge is 2.25. The molecule has 20 heavy (non-hydrogen) atoms. The van der Waals surface area contributed by atoms with Crippen molar-refractivity contribution in [2.75, 3.05) is 13.1 Å². The third-order valence-corrected chi connectivity index (χ3v) is 5.06. The maximum atomic E-state index is 12.5. The highest BCUT2D eigenvalue weighted by molar-refractivity contribution is 7.89. The van der Waals surface area contributed by atoms with Crippen LogP contribution in [-0.2, 0) is 10.0 Å². The number of benzene rings is 1. The van der Waals surface area contributed by atoms with Gasteiger partial charge in [0.05, 0.1) is 4.90 Å². The summed E-state index contributed by atoms with van der Waals surface area (Å²) in [5.41, 5.74) is 6.50. The normalized spacial score (nSPS) is 14.5. The number of nitrogens with two attached hydrogens (primary N) is 1. The van der Waals surface area contributed by atoms with Crippen molar-refractivity contribution in [2.24, 2.45) is 16.8 Å². The van der Waals surface area contributed by atoms with E-state index in [9.17, 15) is 8.42 Å². The molecule has 0 saturated carbocycles. The van der Waals surface area contributed by atoms with Crippen LogP contribution in [0.1, 0.15) is 19.4 Å². The summed E-state index contributed by atoms with van der Waals surface area (Å²) in [4.78, 5) is 0.247. The van der Waals surface area contributed by atoms with Crippen LogP contribution in [0.3, 0.4) is 0 Å². The van der Waals surface area contributed by atoms with E-state index >= 15 is 0 Å². The first-order valence-corrected chi connectivity index (χ1v) is 7.81. The van der Waals surface area contributed by atoms with E-state index in [0.717, 1.165) is 5.56 Å². The van der Waals surface area contributed by atoms with E-state index in [-0.39, 0.29) is 23.2 Å². The third kappa shape index (κ3) is 3.71. The van der Waals surface area contributed by atoms with Gasteiger partial charge in [0.25, 0.3) is 0 Å². The summed E-state index contributed by atoms with van der Waals surface area (Å²) in [6.07, 6.45) is 0. The zero-order valence-corrected chi connectivity index (χ0v) is 12.8. The van der Waals surface area contributed by atoms with Crippen LogP contribution < -0.4 is 5.73 Å².